The van der Waals surface area contributed by atoms with Crippen LogP contribution in [0, 0.1) is 10.6 Å². The van der Waals surface area contributed by atoms with Crippen LogP contribution < -0.4 is 0 Å². The number of benzene rings is 1. The third-order valence-corrected chi connectivity index (χ3v) is 4.08. The largest absolute Gasteiger partial charge is 0.331 e. The fourth-order valence-corrected chi connectivity index (χ4v) is 2.54. The number of imidazole rings is 1. The molecule has 0 aliphatic rings. The van der Waals surface area contributed by atoms with E-state index in [1.807, 2.05) is 4.57 Å². The maximum absolute atomic E-state index is 13.3. The molecule has 5 heteroatoms. The first-order valence-electron chi connectivity index (χ1n) is 7.07. The van der Waals surface area contributed by atoms with Gasteiger partial charge in [0.25, 0.3) is 0 Å². The Bertz CT molecular complexity index is 630. The minimum Gasteiger partial charge on any atom is -0.331 e. The number of hydrogen-bond acceptors (Lipinski definition) is 2. The standard InChI is InChI=1S/C15H22FN3S/c1-11(2)18(3)8-4-5-9-19-14-10-12(16)6-7-13(14)17-15(19)20/h6-7,10-11H,4-5,8-9H2,1-3H3,(H,17,20). The van der Waals surface area contributed by atoms with Crippen LogP contribution in [0.3, 0.4) is 0 Å². The van der Waals surface area contributed by atoms with Crippen molar-refractivity contribution in [1.29, 1.82) is 0 Å². The van der Waals surface area contributed by atoms with E-state index in [-0.39, 0.29) is 5.82 Å². The Morgan fingerprint density at radius 1 is 1.35 bits per heavy atom. The van der Waals surface area contributed by atoms with Gasteiger partial charge in [-0.1, -0.05) is 0 Å². The van der Waals surface area contributed by atoms with Crippen molar-refractivity contribution in [2.45, 2.75) is 39.3 Å². The average molecular weight is 295 g/mol. The summed E-state index contributed by atoms with van der Waals surface area (Å²) in [5, 5.41) is 0. The molecule has 0 spiro atoms. The molecule has 1 aromatic carbocycles. The molecule has 20 heavy (non-hydrogen) atoms. The van der Waals surface area contributed by atoms with E-state index in [4.69, 9.17) is 12.2 Å². The van der Waals surface area contributed by atoms with Crippen molar-refractivity contribution >= 4 is 23.3 Å². The smallest absolute Gasteiger partial charge is 0.178 e. The number of nitrogens with one attached hydrogen (secondary N) is 1. The molecule has 2 aromatic rings. The summed E-state index contributed by atoms with van der Waals surface area (Å²) < 4.78 is 16.0. The number of H-pyrrole nitrogens is 1. The monoisotopic (exact) mass is 295 g/mol. The van der Waals surface area contributed by atoms with Gasteiger partial charge in [0, 0.05) is 12.6 Å². The van der Waals surface area contributed by atoms with E-state index in [2.05, 4.69) is 30.8 Å². The molecule has 0 saturated carbocycles. The molecule has 0 aliphatic carbocycles. The lowest BCUT2D eigenvalue weighted by molar-refractivity contribution is 0.266. The maximum Gasteiger partial charge on any atom is 0.178 e. The van der Waals surface area contributed by atoms with Gasteiger partial charge in [-0.2, -0.15) is 0 Å². The molecule has 0 atom stereocenters. The molecule has 0 radical (unpaired) electrons. The van der Waals surface area contributed by atoms with Gasteiger partial charge in [0.15, 0.2) is 4.77 Å². The van der Waals surface area contributed by atoms with E-state index in [0.29, 0.717) is 10.8 Å². The van der Waals surface area contributed by atoms with E-state index < -0.39 is 0 Å². The van der Waals surface area contributed by atoms with Gasteiger partial charge in [0.1, 0.15) is 5.82 Å². The fourth-order valence-electron chi connectivity index (χ4n) is 2.24. The van der Waals surface area contributed by atoms with Gasteiger partial charge < -0.3 is 14.5 Å². The molecule has 1 heterocycles. The molecule has 3 nitrogen and oxygen atoms in total. The highest BCUT2D eigenvalue weighted by atomic mass is 32.1. The highest BCUT2D eigenvalue weighted by Crippen LogP contribution is 2.16. The van der Waals surface area contributed by atoms with Crippen LogP contribution in [0.5, 0.6) is 0 Å². The topological polar surface area (TPSA) is 24.0 Å². The Morgan fingerprint density at radius 2 is 2.10 bits per heavy atom. The van der Waals surface area contributed by atoms with Crippen LogP contribution in [0.4, 0.5) is 4.39 Å². The second-order valence-corrected chi connectivity index (χ2v) is 5.91. The Hall–Kier alpha value is -1.20. The van der Waals surface area contributed by atoms with Gasteiger partial charge in [0.2, 0.25) is 0 Å². The molecule has 0 bridgehead atoms. The first kappa shape index (κ1) is 15.2. The summed E-state index contributed by atoms with van der Waals surface area (Å²) in [6.07, 6.45) is 2.15. The molecule has 0 amide bonds. The normalized spacial score (nSPS) is 11.9. The summed E-state index contributed by atoms with van der Waals surface area (Å²) in [6.45, 7) is 6.28. The van der Waals surface area contributed by atoms with Crippen LogP contribution in [0.1, 0.15) is 26.7 Å². The highest BCUT2D eigenvalue weighted by Gasteiger charge is 2.06. The van der Waals surface area contributed by atoms with Gasteiger partial charge in [0.05, 0.1) is 11.0 Å². The average Bonchev–Trinajstić information content (AvgIpc) is 2.70. The fraction of sp³-hybridized carbons (Fsp3) is 0.533. The molecule has 0 unspecified atom stereocenters. The maximum atomic E-state index is 13.3. The van der Waals surface area contributed by atoms with Gasteiger partial charge >= 0.3 is 0 Å². The van der Waals surface area contributed by atoms with Crippen LogP contribution in [0.15, 0.2) is 18.2 Å². The molecule has 1 aromatic heterocycles. The minimum absolute atomic E-state index is 0.222. The summed E-state index contributed by atoms with van der Waals surface area (Å²) >= 11 is 5.31. The predicted molar refractivity (Wildman–Crippen MR) is 84.1 cm³/mol. The summed E-state index contributed by atoms with van der Waals surface area (Å²) in [6, 6.07) is 5.31. The molecular weight excluding hydrogens is 273 g/mol. The predicted octanol–water partition coefficient (Wildman–Crippen LogP) is 3.96. The molecule has 2 rings (SSSR count). The third-order valence-electron chi connectivity index (χ3n) is 3.76. The number of unbranched alkanes of at least 4 members (excludes halogenated alkanes) is 1. The van der Waals surface area contributed by atoms with Crippen LogP contribution in [-0.2, 0) is 6.54 Å². The van der Waals surface area contributed by atoms with Crippen LogP contribution in [0.25, 0.3) is 11.0 Å². The SMILES string of the molecule is CC(C)N(C)CCCCn1c(=S)[nH]c2ccc(F)cc21. The summed E-state index contributed by atoms with van der Waals surface area (Å²) in [5.41, 5.74) is 1.75. The molecule has 0 aliphatic heterocycles. The quantitative estimate of drug-likeness (QED) is 0.644. The number of halogens is 1. The number of aromatic nitrogens is 2. The number of nitrogens with zero attached hydrogens (tertiary/aromatic N) is 2. The van der Waals surface area contributed by atoms with Crippen LogP contribution in [-0.4, -0.2) is 34.1 Å². The van der Waals surface area contributed by atoms with Crippen molar-refractivity contribution in [3.05, 3.63) is 28.8 Å². The highest BCUT2D eigenvalue weighted by molar-refractivity contribution is 7.71. The summed E-state index contributed by atoms with van der Waals surface area (Å²) in [7, 11) is 2.14. The van der Waals surface area contributed by atoms with E-state index in [1.165, 1.54) is 6.07 Å². The van der Waals surface area contributed by atoms with Gasteiger partial charge in [-0.3, -0.25) is 0 Å². The van der Waals surface area contributed by atoms with Gasteiger partial charge in [-0.05, 0) is 70.7 Å². The number of aryl methyl sites for hydroxylation is 1. The number of fused-ring (bicyclic) bond motifs is 1. The van der Waals surface area contributed by atoms with Crippen LogP contribution in [0.2, 0.25) is 0 Å². The first-order valence-corrected chi connectivity index (χ1v) is 7.48. The van der Waals surface area contributed by atoms with Crippen molar-refractivity contribution in [2.75, 3.05) is 13.6 Å². The second kappa shape index (κ2) is 6.50. The zero-order chi connectivity index (χ0) is 14.7. The van der Waals surface area contributed by atoms with E-state index in [1.54, 1.807) is 12.1 Å². The second-order valence-electron chi connectivity index (χ2n) is 5.52. The Kier molecular flexibility index (Phi) is 4.94. The zero-order valence-corrected chi connectivity index (χ0v) is 13.1. The van der Waals surface area contributed by atoms with E-state index >= 15 is 0 Å². The Morgan fingerprint density at radius 3 is 2.80 bits per heavy atom. The zero-order valence-electron chi connectivity index (χ0n) is 12.3. The lowest BCUT2D eigenvalue weighted by atomic mass is 10.2. The number of hydrogen-bond donors (Lipinski definition) is 1. The van der Waals surface area contributed by atoms with Gasteiger partial charge in [-0.25, -0.2) is 4.39 Å². The van der Waals surface area contributed by atoms with Crippen molar-refractivity contribution in [1.82, 2.24) is 14.5 Å². The number of rotatable bonds is 6. The van der Waals surface area contributed by atoms with Crippen molar-refractivity contribution < 1.29 is 4.39 Å². The Balaban J connectivity index is 2.01. The van der Waals surface area contributed by atoms with E-state index in [0.717, 1.165) is 37.0 Å². The number of aromatic amines is 1. The molecule has 0 saturated heterocycles. The van der Waals surface area contributed by atoms with Crippen molar-refractivity contribution in [3.8, 4) is 0 Å². The minimum atomic E-state index is -0.222. The third kappa shape index (κ3) is 3.46. The van der Waals surface area contributed by atoms with E-state index in [9.17, 15) is 4.39 Å². The summed E-state index contributed by atoms with van der Waals surface area (Å²) in [4.78, 5) is 5.45. The van der Waals surface area contributed by atoms with Crippen molar-refractivity contribution in [2.24, 2.45) is 0 Å². The molecule has 110 valence electrons. The molecule has 1 N–H and O–H groups in total. The first-order chi connectivity index (χ1) is 9.49. The van der Waals surface area contributed by atoms with Crippen LogP contribution >= 0.6 is 12.2 Å². The molecule has 0 fully saturated rings. The van der Waals surface area contributed by atoms with Gasteiger partial charge in [-0.15, -0.1) is 0 Å². The lowest BCUT2D eigenvalue weighted by Gasteiger charge is -2.20. The lowest BCUT2D eigenvalue weighted by Crippen LogP contribution is -2.27. The Labute approximate surface area is 124 Å². The van der Waals surface area contributed by atoms with Crippen molar-refractivity contribution in [3.63, 3.8) is 0 Å². The summed E-state index contributed by atoms with van der Waals surface area (Å²) in [5.74, 6) is -0.222. The molecular formula is C15H22FN3S.